The Balaban J connectivity index is 2.06. The Morgan fingerprint density at radius 3 is 2.47 bits per heavy atom. The first-order chi connectivity index (χ1) is 8.99. The van der Waals surface area contributed by atoms with Crippen LogP contribution < -0.4 is 16.1 Å². The summed E-state index contributed by atoms with van der Waals surface area (Å²) in [5, 5.41) is 14.8. The lowest BCUT2D eigenvalue weighted by molar-refractivity contribution is -0.142. The van der Waals surface area contributed by atoms with E-state index in [1.807, 2.05) is 4.90 Å². The lowest BCUT2D eigenvalue weighted by Crippen LogP contribution is -2.53. The van der Waals surface area contributed by atoms with Crippen molar-refractivity contribution in [3.63, 3.8) is 0 Å². The highest BCUT2D eigenvalue weighted by Crippen LogP contribution is 2.09. The molecule has 9 heteroatoms. The second-order valence-corrected chi connectivity index (χ2v) is 4.37. The number of nitrogens with zero attached hydrogens (tertiary/aromatic N) is 3. The summed E-state index contributed by atoms with van der Waals surface area (Å²) in [5.41, 5.74) is -1.18. The molecule has 1 aromatic heterocycles. The van der Waals surface area contributed by atoms with E-state index in [2.05, 4.69) is 15.2 Å². The molecule has 1 unspecified atom stereocenters. The van der Waals surface area contributed by atoms with E-state index in [1.165, 1.54) is 0 Å². The highest BCUT2D eigenvalue weighted by Gasteiger charge is 2.26. The van der Waals surface area contributed by atoms with E-state index >= 15 is 0 Å². The molecular formula is C10H15N5O4. The van der Waals surface area contributed by atoms with E-state index in [4.69, 9.17) is 5.11 Å². The Labute approximate surface area is 107 Å². The molecule has 1 atom stereocenters. The minimum Gasteiger partial charge on any atom is -0.480 e. The topological polar surface area (TPSA) is 122 Å². The largest absolute Gasteiger partial charge is 0.480 e. The van der Waals surface area contributed by atoms with Crippen LogP contribution in [0.3, 0.4) is 0 Å². The van der Waals surface area contributed by atoms with E-state index in [0.717, 1.165) is 0 Å². The molecule has 2 heterocycles. The normalized spacial score (nSPS) is 18.3. The lowest BCUT2D eigenvalue weighted by Gasteiger charge is -2.36. The number of anilines is 1. The van der Waals surface area contributed by atoms with Crippen LogP contribution >= 0.6 is 0 Å². The van der Waals surface area contributed by atoms with Gasteiger partial charge in [0.15, 0.2) is 0 Å². The predicted molar refractivity (Wildman–Crippen MR) is 66.4 cm³/mol. The van der Waals surface area contributed by atoms with Gasteiger partial charge >= 0.3 is 11.7 Å². The minimum absolute atomic E-state index is 0.155. The van der Waals surface area contributed by atoms with Crippen LogP contribution in [-0.4, -0.2) is 63.4 Å². The maximum Gasteiger partial charge on any atom is 0.342 e. The molecule has 19 heavy (non-hydrogen) atoms. The van der Waals surface area contributed by atoms with Gasteiger partial charge in [-0.2, -0.15) is 0 Å². The maximum absolute atomic E-state index is 11.6. The molecule has 1 aromatic rings. The molecule has 0 aromatic carbocycles. The predicted octanol–water partition coefficient (Wildman–Crippen LogP) is -1.95. The Morgan fingerprint density at radius 2 is 1.95 bits per heavy atom. The molecular weight excluding hydrogens is 254 g/mol. The van der Waals surface area contributed by atoms with E-state index < -0.39 is 23.3 Å². The summed E-state index contributed by atoms with van der Waals surface area (Å²) in [4.78, 5) is 39.0. The van der Waals surface area contributed by atoms with Crippen molar-refractivity contribution in [3.8, 4) is 0 Å². The monoisotopic (exact) mass is 269 g/mol. The van der Waals surface area contributed by atoms with Gasteiger partial charge in [-0.1, -0.05) is 0 Å². The Morgan fingerprint density at radius 1 is 1.32 bits per heavy atom. The fourth-order valence-corrected chi connectivity index (χ4v) is 2.03. The SMILES string of the molecule is CC(C(=O)O)N1CCN(c2n[nH]c(=O)[nH]c2=O)CC1. The quantitative estimate of drug-likeness (QED) is 0.583. The molecule has 0 spiro atoms. The number of piperazine rings is 1. The third kappa shape index (κ3) is 2.81. The van der Waals surface area contributed by atoms with Crippen molar-refractivity contribution < 1.29 is 9.90 Å². The van der Waals surface area contributed by atoms with Gasteiger partial charge in [0, 0.05) is 26.2 Å². The van der Waals surface area contributed by atoms with Crippen LogP contribution in [0.4, 0.5) is 5.82 Å². The number of nitrogens with one attached hydrogen (secondary N) is 2. The first kappa shape index (κ1) is 13.3. The first-order valence-corrected chi connectivity index (χ1v) is 5.90. The van der Waals surface area contributed by atoms with E-state index in [9.17, 15) is 14.4 Å². The molecule has 1 aliphatic rings. The standard InChI is InChI=1S/C10H15N5O4/c1-6(9(17)18)14-2-4-15(5-3-14)7-8(16)11-10(19)13-12-7/h6H,2-5H2,1H3,(H,17,18)(H2,11,13,16,19). The molecule has 0 saturated carbocycles. The maximum atomic E-state index is 11.6. The van der Waals surface area contributed by atoms with Gasteiger partial charge in [-0.3, -0.25) is 19.5 Å². The average Bonchev–Trinajstić information content (AvgIpc) is 2.38. The van der Waals surface area contributed by atoms with E-state index in [1.54, 1.807) is 11.8 Å². The van der Waals surface area contributed by atoms with Crippen molar-refractivity contribution in [2.45, 2.75) is 13.0 Å². The number of carboxylic acids is 1. The van der Waals surface area contributed by atoms with Crippen LogP contribution in [0.25, 0.3) is 0 Å². The second kappa shape index (κ2) is 5.22. The summed E-state index contributed by atoms with van der Waals surface area (Å²) in [6, 6.07) is -0.552. The minimum atomic E-state index is -0.867. The van der Waals surface area contributed by atoms with Gasteiger partial charge in [0.1, 0.15) is 6.04 Å². The van der Waals surface area contributed by atoms with Crippen LogP contribution in [0.15, 0.2) is 9.59 Å². The molecule has 2 rings (SSSR count). The number of hydrogen-bond donors (Lipinski definition) is 3. The van der Waals surface area contributed by atoms with Gasteiger partial charge in [-0.05, 0) is 6.92 Å². The zero-order valence-electron chi connectivity index (χ0n) is 10.4. The van der Waals surface area contributed by atoms with Gasteiger partial charge in [-0.15, -0.1) is 5.10 Å². The van der Waals surface area contributed by atoms with Crippen LogP contribution in [0, 0.1) is 0 Å². The molecule has 3 N–H and O–H groups in total. The smallest absolute Gasteiger partial charge is 0.342 e. The Kier molecular flexibility index (Phi) is 3.65. The molecule has 1 saturated heterocycles. The second-order valence-electron chi connectivity index (χ2n) is 4.37. The summed E-state index contributed by atoms with van der Waals surface area (Å²) < 4.78 is 0. The van der Waals surface area contributed by atoms with Gasteiger partial charge in [-0.25, -0.2) is 9.89 Å². The van der Waals surface area contributed by atoms with Gasteiger partial charge in [0.05, 0.1) is 0 Å². The number of hydrogen-bond acceptors (Lipinski definition) is 6. The number of aromatic amines is 2. The van der Waals surface area contributed by atoms with Crippen molar-refractivity contribution in [3.05, 3.63) is 20.8 Å². The Hall–Kier alpha value is -2.16. The van der Waals surface area contributed by atoms with Crippen molar-refractivity contribution in [2.24, 2.45) is 0 Å². The van der Waals surface area contributed by atoms with Gasteiger partial charge in [0.2, 0.25) is 5.82 Å². The zero-order chi connectivity index (χ0) is 14.0. The van der Waals surface area contributed by atoms with Gasteiger partial charge < -0.3 is 10.0 Å². The van der Waals surface area contributed by atoms with Crippen LogP contribution in [-0.2, 0) is 4.79 Å². The van der Waals surface area contributed by atoms with Crippen molar-refractivity contribution in [1.82, 2.24) is 20.1 Å². The van der Waals surface area contributed by atoms with E-state index in [0.29, 0.717) is 26.2 Å². The first-order valence-electron chi connectivity index (χ1n) is 5.90. The number of carboxylic acid groups (broad SMARTS) is 1. The molecule has 0 aliphatic carbocycles. The van der Waals surface area contributed by atoms with Crippen molar-refractivity contribution >= 4 is 11.8 Å². The molecule has 0 radical (unpaired) electrons. The van der Waals surface area contributed by atoms with Crippen LogP contribution in [0.5, 0.6) is 0 Å². The summed E-state index contributed by atoms with van der Waals surface area (Å²) in [7, 11) is 0. The van der Waals surface area contributed by atoms with E-state index in [-0.39, 0.29) is 5.82 Å². The number of H-pyrrole nitrogens is 2. The molecule has 1 fully saturated rings. The third-order valence-corrected chi connectivity index (χ3v) is 3.21. The molecule has 104 valence electrons. The number of carbonyl (C=O) groups is 1. The zero-order valence-corrected chi connectivity index (χ0v) is 10.4. The highest BCUT2D eigenvalue weighted by atomic mass is 16.4. The van der Waals surface area contributed by atoms with Crippen molar-refractivity contribution in [2.75, 3.05) is 31.1 Å². The lowest BCUT2D eigenvalue weighted by atomic mass is 10.2. The molecule has 9 nitrogen and oxygen atoms in total. The summed E-state index contributed by atoms with van der Waals surface area (Å²) >= 11 is 0. The fourth-order valence-electron chi connectivity index (χ4n) is 2.03. The van der Waals surface area contributed by atoms with Crippen LogP contribution in [0.1, 0.15) is 6.92 Å². The fraction of sp³-hybridized carbons (Fsp3) is 0.600. The number of aromatic nitrogens is 3. The summed E-state index contributed by atoms with van der Waals surface area (Å²) in [6.45, 7) is 3.64. The van der Waals surface area contributed by atoms with Crippen molar-refractivity contribution in [1.29, 1.82) is 0 Å². The molecule has 1 aliphatic heterocycles. The van der Waals surface area contributed by atoms with Gasteiger partial charge in [0.25, 0.3) is 5.56 Å². The number of rotatable bonds is 3. The number of aliphatic carboxylic acids is 1. The Bertz CT molecular complexity index is 572. The summed E-state index contributed by atoms with van der Waals surface area (Å²) in [5.74, 6) is -0.712. The molecule has 0 amide bonds. The summed E-state index contributed by atoms with van der Waals surface area (Å²) in [6.07, 6.45) is 0. The van der Waals surface area contributed by atoms with Crippen LogP contribution in [0.2, 0.25) is 0 Å². The molecule has 0 bridgehead atoms. The highest BCUT2D eigenvalue weighted by molar-refractivity contribution is 5.72. The average molecular weight is 269 g/mol. The third-order valence-electron chi connectivity index (χ3n) is 3.21.